The Bertz CT molecular complexity index is 390. The van der Waals surface area contributed by atoms with Crippen molar-refractivity contribution in [3.63, 3.8) is 0 Å². The highest BCUT2D eigenvalue weighted by Crippen LogP contribution is 2.42. The van der Waals surface area contributed by atoms with E-state index >= 15 is 0 Å². The molecule has 0 aliphatic heterocycles. The van der Waals surface area contributed by atoms with Crippen molar-refractivity contribution in [2.45, 2.75) is 18.4 Å². The average Bonchev–Trinajstić information content (AvgIpc) is 2.66. The Hall–Kier alpha value is -0.580. The Kier molecular flexibility index (Phi) is 2.29. The molecule has 1 aliphatic rings. The smallest absolute Gasteiger partial charge is 0.331 e. The molecule has 1 atom stereocenters. The molecule has 1 aromatic heterocycles. The number of fused-ring (bicyclic) bond motifs is 1. The molecule has 5 heteroatoms. The highest BCUT2D eigenvalue weighted by atomic mass is 35.5. The topological polar surface area (TPSA) is 52.3 Å². The predicted octanol–water partition coefficient (Wildman–Crippen LogP) is 1.67. The molecule has 2 N–H and O–H groups in total. The van der Waals surface area contributed by atoms with Crippen molar-refractivity contribution in [2.24, 2.45) is 5.73 Å². The second kappa shape index (κ2) is 3.22. The number of methoxy groups -OCH3 is 1. The monoisotopic (exact) mass is 231 g/mol. The van der Waals surface area contributed by atoms with E-state index < -0.39 is 5.54 Å². The first-order chi connectivity index (χ1) is 6.58. The van der Waals surface area contributed by atoms with Crippen molar-refractivity contribution < 1.29 is 9.53 Å². The number of esters is 1. The minimum absolute atomic E-state index is 0.380. The zero-order valence-electron chi connectivity index (χ0n) is 7.67. The van der Waals surface area contributed by atoms with Crippen LogP contribution < -0.4 is 5.73 Å². The molecule has 0 spiro atoms. The van der Waals surface area contributed by atoms with Gasteiger partial charge in [-0.05, 0) is 24.5 Å². The van der Waals surface area contributed by atoms with Gasteiger partial charge in [0.2, 0.25) is 0 Å². The summed E-state index contributed by atoms with van der Waals surface area (Å²) in [5.74, 6) is -0.380. The van der Waals surface area contributed by atoms with Gasteiger partial charge in [-0.2, -0.15) is 0 Å². The molecule has 76 valence electrons. The normalized spacial score (nSPS) is 24.8. The molecule has 0 amide bonds. The molecule has 14 heavy (non-hydrogen) atoms. The molecule has 1 aromatic rings. The van der Waals surface area contributed by atoms with Gasteiger partial charge in [-0.25, -0.2) is 4.79 Å². The fraction of sp³-hybridized carbons (Fsp3) is 0.444. The molecule has 0 aromatic carbocycles. The third kappa shape index (κ3) is 1.26. The predicted molar refractivity (Wildman–Crippen MR) is 55.5 cm³/mol. The first kappa shape index (κ1) is 9.96. The molecule has 0 bridgehead atoms. The van der Waals surface area contributed by atoms with Gasteiger partial charge in [-0.15, -0.1) is 11.3 Å². The molecule has 2 rings (SSSR count). The fourth-order valence-corrected chi connectivity index (χ4v) is 3.20. The zero-order valence-corrected chi connectivity index (χ0v) is 9.24. The van der Waals surface area contributed by atoms with Crippen LogP contribution in [0.25, 0.3) is 0 Å². The number of thiophene rings is 1. The molecular formula is C9H10ClNO2S. The van der Waals surface area contributed by atoms with Crippen LogP contribution in [0.5, 0.6) is 0 Å². The maximum atomic E-state index is 11.5. The Balaban J connectivity index is 2.45. The number of halogens is 1. The van der Waals surface area contributed by atoms with Crippen LogP contribution in [0.15, 0.2) is 6.07 Å². The zero-order chi connectivity index (χ0) is 10.3. The van der Waals surface area contributed by atoms with Gasteiger partial charge in [0.25, 0.3) is 0 Å². The molecule has 0 fully saturated rings. The molecular weight excluding hydrogens is 222 g/mol. The van der Waals surface area contributed by atoms with E-state index in [0.717, 1.165) is 16.9 Å². The van der Waals surface area contributed by atoms with E-state index in [4.69, 9.17) is 22.1 Å². The number of ether oxygens (including phenoxy) is 1. The van der Waals surface area contributed by atoms with E-state index in [0.29, 0.717) is 10.8 Å². The van der Waals surface area contributed by atoms with E-state index in [1.807, 2.05) is 6.07 Å². The highest BCUT2D eigenvalue weighted by Gasteiger charge is 2.44. The van der Waals surface area contributed by atoms with Gasteiger partial charge in [-0.3, -0.25) is 0 Å². The van der Waals surface area contributed by atoms with Crippen LogP contribution in [0.2, 0.25) is 4.34 Å². The summed E-state index contributed by atoms with van der Waals surface area (Å²) >= 11 is 7.23. The van der Waals surface area contributed by atoms with Crippen LogP contribution in [0.3, 0.4) is 0 Å². The maximum Gasteiger partial charge on any atom is 0.331 e. The minimum Gasteiger partial charge on any atom is -0.467 e. The van der Waals surface area contributed by atoms with Crippen molar-refractivity contribution in [1.82, 2.24) is 0 Å². The van der Waals surface area contributed by atoms with Crippen molar-refractivity contribution in [3.05, 3.63) is 20.8 Å². The van der Waals surface area contributed by atoms with Gasteiger partial charge in [0, 0.05) is 4.88 Å². The first-order valence-electron chi connectivity index (χ1n) is 4.24. The first-order valence-corrected chi connectivity index (χ1v) is 5.43. The molecule has 3 nitrogen and oxygen atoms in total. The lowest BCUT2D eigenvalue weighted by Crippen LogP contribution is -2.43. The van der Waals surface area contributed by atoms with Crippen LogP contribution in [-0.4, -0.2) is 13.1 Å². The molecule has 0 saturated heterocycles. The molecule has 0 saturated carbocycles. The summed E-state index contributed by atoms with van der Waals surface area (Å²) < 4.78 is 5.38. The summed E-state index contributed by atoms with van der Waals surface area (Å²) in [4.78, 5) is 12.4. The van der Waals surface area contributed by atoms with E-state index in [2.05, 4.69) is 0 Å². The van der Waals surface area contributed by atoms with Gasteiger partial charge in [0.15, 0.2) is 0 Å². The van der Waals surface area contributed by atoms with Crippen LogP contribution in [0.4, 0.5) is 0 Å². The van der Waals surface area contributed by atoms with Crippen LogP contribution in [-0.2, 0) is 21.5 Å². The lowest BCUT2D eigenvalue weighted by atomic mass is 10.0. The van der Waals surface area contributed by atoms with Gasteiger partial charge >= 0.3 is 5.97 Å². The third-order valence-electron chi connectivity index (χ3n) is 2.52. The van der Waals surface area contributed by atoms with E-state index in [-0.39, 0.29) is 5.97 Å². The van der Waals surface area contributed by atoms with E-state index in [1.165, 1.54) is 18.4 Å². The second-order valence-corrected chi connectivity index (χ2v) is 5.05. The SMILES string of the molecule is COC(=O)C1(N)CCc2cc(Cl)sc21. The van der Waals surface area contributed by atoms with Crippen molar-refractivity contribution >= 4 is 28.9 Å². The van der Waals surface area contributed by atoms with Crippen LogP contribution >= 0.6 is 22.9 Å². The number of carbonyl (C=O) groups is 1. The summed E-state index contributed by atoms with van der Waals surface area (Å²) in [6.07, 6.45) is 1.40. The van der Waals surface area contributed by atoms with E-state index in [1.54, 1.807) is 0 Å². The number of nitrogens with two attached hydrogens (primary N) is 1. The van der Waals surface area contributed by atoms with E-state index in [9.17, 15) is 4.79 Å². The lowest BCUT2D eigenvalue weighted by molar-refractivity contribution is -0.147. The quantitative estimate of drug-likeness (QED) is 0.749. The Labute approximate surface area is 90.8 Å². The molecule has 1 unspecified atom stereocenters. The Morgan fingerprint density at radius 3 is 3.14 bits per heavy atom. The van der Waals surface area contributed by atoms with Gasteiger partial charge < -0.3 is 10.5 Å². The van der Waals surface area contributed by atoms with Gasteiger partial charge in [0.1, 0.15) is 5.54 Å². The van der Waals surface area contributed by atoms with Crippen LogP contribution in [0, 0.1) is 0 Å². The fourth-order valence-electron chi connectivity index (χ4n) is 1.78. The van der Waals surface area contributed by atoms with Crippen molar-refractivity contribution in [3.8, 4) is 0 Å². The third-order valence-corrected chi connectivity index (χ3v) is 4.01. The number of aryl methyl sites for hydroxylation is 1. The van der Waals surface area contributed by atoms with Gasteiger partial charge in [-0.1, -0.05) is 11.6 Å². The summed E-state index contributed by atoms with van der Waals surface area (Å²) in [6.45, 7) is 0. The summed E-state index contributed by atoms with van der Waals surface area (Å²) in [5.41, 5.74) is 6.12. The highest BCUT2D eigenvalue weighted by molar-refractivity contribution is 7.16. The standard InChI is InChI=1S/C9H10ClNO2S/c1-13-8(12)9(11)3-2-5-4-6(10)14-7(5)9/h4H,2-3,11H2,1H3. The maximum absolute atomic E-state index is 11.5. The van der Waals surface area contributed by atoms with Crippen molar-refractivity contribution in [2.75, 3.05) is 7.11 Å². The van der Waals surface area contributed by atoms with Crippen molar-refractivity contribution in [1.29, 1.82) is 0 Å². The number of rotatable bonds is 1. The number of carbonyl (C=O) groups excluding carboxylic acids is 1. The lowest BCUT2D eigenvalue weighted by Gasteiger charge is -2.20. The largest absolute Gasteiger partial charge is 0.467 e. The molecule has 1 aliphatic carbocycles. The summed E-state index contributed by atoms with van der Waals surface area (Å²) in [6, 6.07) is 1.87. The minimum atomic E-state index is -0.970. The summed E-state index contributed by atoms with van der Waals surface area (Å²) in [7, 11) is 1.35. The number of hydrogen-bond donors (Lipinski definition) is 1. The Morgan fingerprint density at radius 1 is 1.79 bits per heavy atom. The van der Waals surface area contributed by atoms with Gasteiger partial charge in [0.05, 0.1) is 11.4 Å². The average molecular weight is 232 g/mol. The molecule has 0 radical (unpaired) electrons. The second-order valence-electron chi connectivity index (χ2n) is 3.37. The number of hydrogen-bond acceptors (Lipinski definition) is 4. The van der Waals surface area contributed by atoms with Crippen LogP contribution in [0.1, 0.15) is 16.9 Å². The summed E-state index contributed by atoms with van der Waals surface area (Å²) in [5, 5.41) is 0. The Morgan fingerprint density at radius 2 is 2.50 bits per heavy atom. The molecule has 1 heterocycles.